The van der Waals surface area contributed by atoms with Gasteiger partial charge in [0.2, 0.25) is 10.0 Å². The lowest BCUT2D eigenvalue weighted by molar-refractivity contribution is -0.108. The Labute approximate surface area is 113 Å². The van der Waals surface area contributed by atoms with Crippen molar-refractivity contribution in [3.05, 3.63) is 30.3 Å². The number of hydrogen-bond acceptors (Lipinski definition) is 3. The number of benzene rings is 1. The van der Waals surface area contributed by atoms with E-state index in [1.165, 1.54) is 0 Å². The third kappa shape index (κ3) is 2.44. The van der Waals surface area contributed by atoms with Crippen molar-refractivity contribution in [1.82, 2.24) is 4.72 Å². The molecule has 0 aromatic heterocycles. The van der Waals surface area contributed by atoms with Crippen LogP contribution in [0.5, 0.6) is 0 Å². The maximum atomic E-state index is 12.3. The highest BCUT2D eigenvalue weighted by atomic mass is 32.2. The third-order valence-corrected chi connectivity index (χ3v) is 5.83. The molecular weight excluding hydrogens is 262 g/mol. The molecule has 1 aromatic rings. The first-order valence-electron chi connectivity index (χ1n) is 6.63. The molecule has 0 spiro atoms. The molecule has 0 saturated heterocycles. The highest BCUT2D eigenvalue weighted by Gasteiger charge is 2.53. The third-order valence-electron chi connectivity index (χ3n) is 4.33. The lowest BCUT2D eigenvalue weighted by atomic mass is 9.96. The minimum absolute atomic E-state index is 0.0841. The number of carbonyl (C=O) groups excluding carboxylic acids is 1. The second kappa shape index (κ2) is 4.72. The summed E-state index contributed by atoms with van der Waals surface area (Å²) in [5, 5.41) is 0. The maximum Gasteiger partial charge on any atom is 0.240 e. The van der Waals surface area contributed by atoms with Gasteiger partial charge in [0.1, 0.15) is 6.29 Å². The van der Waals surface area contributed by atoms with Gasteiger partial charge in [-0.25, -0.2) is 13.1 Å². The van der Waals surface area contributed by atoms with Crippen molar-refractivity contribution < 1.29 is 13.2 Å². The molecule has 102 valence electrons. The molecule has 1 aromatic carbocycles. The molecule has 0 unspecified atom stereocenters. The Kier molecular flexibility index (Phi) is 3.19. The monoisotopic (exact) mass is 279 g/mol. The average molecular weight is 279 g/mol. The fourth-order valence-electron chi connectivity index (χ4n) is 3.32. The zero-order valence-electron chi connectivity index (χ0n) is 10.5. The Morgan fingerprint density at radius 1 is 1.21 bits per heavy atom. The molecule has 2 aliphatic rings. The molecule has 0 amide bonds. The Hall–Kier alpha value is -1.20. The van der Waals surface area contributed by atoms with E-state index >= 15 is 0 Å². The van der Waals surface area contributed by atoms with E-state index in [1.807, 2.05) is 0 Å². The van der Waals surface area contributed by atoms with Crippen LogP contribution in [0.25, 0.3) is 0 Å². The fourth-order valence-corrected chi connectivity index (χ4v) is 4.64. The van der Waals surface area contributed by atoms with Crippen molar-refractivity contribution >= 4 is 16.3 Å². The van der Waals surface area contributed by atoms with Crippen molar-refractivity contribution in [2.75, 3.05) is 0 Å². The Balaban J connectivity index is 1.76. The molecule has 3 rings (SSSR count). The van der Waals surface area contributed by atoms with Crippen LogP contribution in [0.4, 0.5) is 0 Å². The van der Waals surface area contributed by atoms with E-state index in [0.717, 1.165) is 19.1 Å². The molecule has 1 N–H and O–H groups in total. The van der Waals surface area contributed by atoms with E-state index in [2.05, 4.69) is 4.72 Å². The van der Waals surface area contributed by atoms with Gasteiger partial charge in [0.15, 0.2) is 0 Å². The van der Waals surface area contributed by atoms with Crippen LogP contribution in [-0.2, 0) is 14.8 Å². The van der Waals surface area contributed by atoms with Crippen molar-refractivity contribution in [3.63, 3.8) is 0 Å². The predicted molar refractivity (Wildman–Crippen MR) is 70.9 cm³/mol. The number of nitrogens with one attached hydrogen (secondary N) is 1. The summed E-state index contributed by atoms with van der Waals surface area (Å²) in [4.78, 5) is 11.0. The molecule has 0 heterocycles. The number of aldehydes is 1. The van der Waals surface area contributed by atoms with Gasteiger partial charge in [-0.1, -0.05) is 18.2 Å². The molecule has 0 bridgehead atoms. The van der Waals surface area contributed by atoms with Crippen LogP contribution in [0.15, 0.2) is 35.2 Å². The van der Waals surface area contributed by atoms with Crippen LogP contribution in [0.1, 0.15) is 19.3 Å². The first kappa shape index (κ1) is 12.8. The maximum absolute atomic E-state index is 12.3. The minimum Gasteiger partial charge on any atom is -0.303 e. The molecule has 4 nitrogen and oxygen atoms in total. The summed E-state index contributed by atoms with van der Waals surface area (Å²) < 4.78 is 27.3. The quantitative estimate of drug-likeness (QED) is 0.832. The summed E-state index contributed by atoms with van der Waals surface area (Å²) >= 11 is 0. The zero-order valence-corrected chi connectivity index (χ0v) is 11.3. The highest BCUT2D eigenvalue weighted by Crippen LogP contribution is 2.56. The second-order valence-electron chi connectivity index (χ2n) is 5.50. The van der Waals surface area contributed by atoms with E-state index in [0.29, 0.717) is 23.2 Å². The smallest absolute Gasteiger partial charge is 0.240 e. The van der Waals surface area contributed by atoms with Crippen LogP contribution in [0, 0.1) is 17.8 Å². The molecule has 2 aliphatic carbocycles. The predicted octanol–water partition coefficient (Wildman–Crippen LogP) is 1.58. The van der Waals surface area contributed by atoms with Crippen molar-refractivity contribution in [3.8, 4) is 0 Å². The van der Waals surface area contributed by atoms with Gasteiger partial charge in [-0.3, -0.25) is 0 Å². The Morgan fingerprint density at radius 3 is 2.63 bits per heavy atom. The van der Waals surface area contributed by atoms with Crippen molar-refractivity contribution in [2.45, 2.75) is 30.2 Å². The fraction of sp³-hybridized carbons (Fsp3) is 0.500. The molecule has 0 radical (unpaired) electrons. The van der Waals surface area contributed by atoms with Gasteiger partial charge in [-0.05, 0) is 42.7 Å². The summed E-state index contributed by atoms with van der Waals surface area (Å²) in [6, 6.07) is 8.31. The van der Waals surface area contributed by atoms with E-state index in [4.69, 9.17) is 0 Å². The van der Waals surface area contributed by atoms with E-state index in [-0.39, 0.29) is 12.0 Å². The lowest BCUT2D eigenvalue weighted by Gasteiger charge is -2.22. The number of hydrogen-bond donors (Lipinski definition) is 1. The summed E-state index contributed by atoms with van der Waals surface area (Å²) in [5.74, 6) is 1.35. The van der Waals surface area contributed by atoms with E-state index < -0.39 is 10.0 Å². The molecule has 19 heavy (non-hydrogen) atoms. The van der Waals surface area contributed by atoms with Gasteiger partial charge >= 0.3 is 0 Å². The number of fused-ring (bicyclic) bond motifs is 1. The van der Waals surface area contributed by atoms with Gasteiger partial charge < -0.3 is 4.79 Å². The topological polar surface area (TPSA) is 63.2 Å². The molecule has 2 saturated carbocycles. The molecule has 2 fully saturated rings. The summed E-state index contributed by atoms with van der Waals surface area (Å²) in [7, 11) is -3.46. The number of sulfonamides is 1. The normalized spacial score (nSPS) is 32.8. The first-order chi connectivity index (χ1) is 9.12. The summed E-state index contributed by atoms with van der Waals surface area (Å²) in [6.07, 6.45) is 3.40. The first-order valence-corrected chi connectivity index (χ1v) is 8.11. The minimum atomic E-state index is -3.46. The standard InChI is InChI=1S/C14H17NO3S/c16-7-6-12-13-8-10(13)9-14(12)15-19(17,18)11-4-2-1-3-5-11/h1-5,7,10,12-15H,6,8-9H2/t10-,12-,13-,14-/m0/s1. The van der Waals surface area contributed by atoms with Crippen LogP contribution >= 0.6 is 0 Å². The second-order valence-corrected chi connectivity index (χ2v) is 7.22. The highest BCUT2D eigenvalue weighted by molar-refractivity contribution is 7.89. The van der Waals surface area contributed by atoms with Gasteiger partial charge in [0.25, 0.3) is 0 Å². The number of carbonyl (C=O) groups is 1. The lowest BCUT2D eigenvalue weighted by Crippen LogP contribution is -2.39. The average Bonchev–Trinajstić information content (AvgIpc) is 3.08. The van der Waals surface area contributed by atoms with Crippen LogP contribution in [0.3, 0.4) is 0 Å². The molecule has 4 atom stereocenters. The van der Waals surface area contributed by atoms with E-state index in [9.17, 15) is 13.2 Å². The van der Waals surface area contributed by atoms with Crippen LogP contribution < -0.4 is 4.72 Å². The van der Waals surface area contributed by atoms with Crippen LogP contribution in [0.2, 0.25) is 0 Å². The Morgan fingerprint density at radius 2 is 1.95 bits per heavy atom. The molecule has 0 aliphatic heterocycles. The summed E-state index contributed by atoms with van der Waals surface area (Å²) in [5.41, 5.74) is 0. The number of rotatable bonds is 5. The SMILES string of the molecule is O=CC[C@H]1[C@H]2C[C@H]2C[C@@H]1NS(=O)(=O)c1ccccc1. The van der Waals surface area contributed by atoms with Gasteiger partial charge in [0.05, 0.1) is 4.90 Å². The van der Waals surface area contributed by atoms with Gasteiger partial charge in [-0.2, -0.15) is 0 Å². The van der Waals surface area contributed by atoms with E-state index in [1.54, 1.807) is 30.3 Å². The largest absolute Gasteiger partial charge is 0.303 e. The zero-order chi connectivity index (χ0) is 13.5. The van der Waals surface area contributed by atoms with Crippen molar-refractivity contribution in [2.24, 2.45) is 17.8 Å². The molecule has 5 heteroatoms. The van der Waals surface area contributed by atoms with Gasteiger partial charge in [0, 0.05) is 12.5 Å². The molecular formula is C14H17NO3S. The Bertz CT molecular complexity index is 570. The van der Waals surface area contributed by atoms with Crippen molar-refractivity contribution in [1.29, 1.82) is 0 Å². The van der Waals surface area contributed by atoms with Gasteiger partial charge in [-0.15, -0.1) is 0 Å². The summed E-state index contributed by atoms with van der Waals surface area (Å²) in [6.45, 7) is 0. The van der Waals surface area contributed by atoms with Crippen LogP contribution in [-0.4, -0.2) is 20.7 Å².